The van der Waals surface area contributed by atoms with Crippen molar-refractivity contribution in [2.75, 3.05) is 26.2 Å². The number of nitrogens with zero attached hydrogens (tertiary/aromatic N) is 1. The quantitative estimate of drug-likeness (QED) is 0.789. The monoisotopic (exact) mass is 355 g/mol. The summed E-state index contributed by atoms with van der Waals surface area (Å²) in [6.07, 6.45) is 0. The number of halogens is 1. The average molecular weight is 356 g/mol. The number of carbonyl (C=O) groups excluding carboxylic acids is 1. The van der Waals surface area contributed by atoms with Crippen LogP contribution in [0.2, 0.25) is 0 Å². The molecular formula is C15H22BrN3O2. The summed E-state index contributed by atoms with van der Waals surface area (Å²) >= 11 is 3.53. The van der Waals surface area contributed by atoms with Gasteiger partial charge in [0.15, 0.2) is 0 Å². The summed E-state index contributed by atoms with van der Waals surface area (Å²) in [5, 5.41) is 6.18. The lowest BCUT2D eigenvalue weighted by Gasteiger charge is -2.18. The van der Waals surface area contributed by atoms with Gasteiger partial charge in [0.25, 0.3) is 0 Å². The van der Waals surface area contributed by atoms with Crippen LogP contribution in [0.1, 0.15) is 19.4 Å². The molecule has 1 aliphatic rings. The molecule has 1 fully saturated rings. The molecule has 0 saturated carbocycles. The summed E-state index contributed by atoms with van der Waals surface area (Å²) in [6.45, 7) is 7.55. The molecular weight excluding hydrogens is 334 g/mol. The average Bonchev–Trinajstić information content (AvgIpc) is 2.84. The van der Waals surface area contributed by atoms with Crippen molar-refractivity contribution in [3.63, 3.8) is 0 Å². The summed E-state index contributed by atoms with van der Waals surface area (Å²) < 4.78 is 6.84. The molecule has 21 heavy (non-hydrogen) atoms. The molecule has 0 aliphatic carbocycles. The van der Waals surface area contributed by atoms with Crippen LogP contribution in [-0.4, -0.2) is 43.2 Å². The van der Waals surface area contributed by atoms with Crippen molar-refractivity contribution in [2.24, 2.45) is 0 Å². The van der Waals surface area contributed by atoms with Crippen LogP contribution >= 0.6 is 15.9 Å². The van der Waals surface area contributed by atoms with Gasteiger partial charge in [0.1, 0.15) is 12.4 Å². The second-order valence-electron chi connectivity index (χ2n) is 5.33. The summed E-state index contributed by atoms with van der Waals surface area (Å²) in [7, 11) is 0. The number of benzene rings is 1. The summed E-state index contributed by atoms with van der Waals surface area (Å²) in [4.78, 5) is 13.2. The Bertz CT molecular complexity index is 494. The zero-order valence-corrected chi connectivity index (χ0v) is 14.1. The van der Waals surface area contributed by atoms with Gasteiger partial charge in [-0.3, -0.25) is 0 Å². The van der Waals surface area contributed by atoms with E-state index >= 15 is 0 Å². The molecule has 116 valence electrons. The molecule has 0 radical (unpaired) electrons. The van der Waals surface area contributed by atoms with Gasteiger partial charge in [0, 0.05) is 31.2 Å². The molecule has 0 unspecified atom stereocenters. The van der Waals surface area contributed by atoms with Crippen LogP contribution in [0, 0.1) is 0 Å². The smallest absolute Gasteiger partial charge is 0.317 e. The van der Waals surface area contributed by atoms with Gasteiger partial charge in [0.2, 0.25) is 0 Å². The third-order valence-electron chi connectivity index (χ3n) is 3.30. The van der Waals surface area contributed by atoms with Gasteiger partial charge in [-0.15, -0.1) is 0 Å². The SMILES string of the molecule is CC(C)NCc1cccc(Br)c1OCCN1CCNC1=O. The normalized spacial score (nSPS) is 14.7. The number of para-hydroxylation sites is 1. The highest BCUT2D eigenvalue weighted by Gasteiger charge is 2.19. The van der Waals surface area contributed by atoms with Gasteiger partial charge in [-0.2, -0.15) is 0 Å². The molecule has 1 aromatic carbocycles. The molecule has 0 aromatic heterocycles. The minimum atomic E-state index is -0.00701. The topological polar surface area (TPSA) is 53.6 Å². The third-order valence-corrected chi connectivity index (χ3v) is 3.93. The maximum absolute atomic E-state index is 11.5. The van der Waals surface area contributed by atoms with Crippen LogP contribution in [-0.2, 0) is 6.54 Å². The van der Waals surface area contributed by atoms with Crippen LogP contribution in [0.5, 0.6) is 5.75 Å². The standard InChI is InChI=1S/C15H22BrN3O2/c1-11(2)18-10-12-4-3-5-13(16)14(12)21-9-8-19-7-6-17-15(19)20/h3-5,11,18H,6-10H2,1-2H3,(H,17,20). The fourth-order valence-corrected chi connectivity index (χ4v) is 2.67. The lowest BCUT2D eigenvalue weighted by Crippen LogP contribution is -2.32. The molecule has 2 N–H and O–H groups in total. The van der Waals surface area contributed by atoms with Gasteiger partial charge in [-0.1, -0.05) is 26.0 Å². The predicted molar refractivity (Wildman–Crippen MR) is 86.6 cm³/mol. The minimum absolute atomic E-state index is 0.00701. The van der Waals surface area contributed by atoms with E-state index in [-0.39, 0.29) is 6.03 Å². The third kappa shape index (κ3) is 4.61. The highest BCUT2D eigenvalue weighted by Crippen LogP contribution is 2.29. The highest BCUT2D eigenvalue weighted by molar-refractivity contribution is 9.10. The minimum Gasteiger partial charge on any atom is -0.490 e. The first-order valence-electron chi connectivity index (χ1n) is 7.24. The second kappa shape index (κ2) is 7.66. The van der Waals surface area contributed by atoms with Crippen molar-refractivity contribution in [2.45, 2.75) is 26.4 Å². The Morgan fingerprint density at radius 3 is 2.95 bits per heavy atom. The zero-order chi connectivity index (χ0) is 15.2. The van der Waals surface area contributed by atoms with Gasteiger partial charge in [-0.05, 0) is 22.0 Å². The Kier molecular flexibility index (Phi) is 5.87. The second-order valence-corrected chi connectivity index (χ2v) is 6.19. The molecule has 2 amide bonds. The molecule has 1 aromatic rings. The van der Waals surface area contributed by atoms with Crippen LogP contribution in [0.25, 0.3) is 0 Å². The van der Waals surface area contributed by atoms with Crippen LogP contribution in [0.4, 0.5) is 4.79 Å². The van der Waals surface area contributed by atoms with Crippen molar-refractivity contribution in [3.8, 4) is 5.75 Å². The Morgan fingerprint density at radius 1 is 1.48 bits per heavy atom. The molecule has 0 bridgehead atoms. The Morgan fingerprint density at radius 2 is 2.29 bits per heavy atom. The molecule has 1 aliphatic heterocycles. The van der Waals surface area contributed by atoms with E-state index in [2.05, 4.69) is 46.5 Å². The number of hydrogen-bond donors (Lipinski definition) is 2. The molecule has 1 heterocycles. The fourth-order valence-electron chi connectivity index (χ4n) is 2.15. The molecule has 2 rings (SSSR count). The van der Waals surface area contributed by atoms with Crippen molar-refractivity contribution >= 4 is 22.0 Å². The van der Waals surface area contributed by atoms with Crippen LogP contribution in [0.3, 0.4) is 0 Å². The lowest BCUT2D eigenvalue weighted by atomic mass is 10.2. The van der Waals surface area contributed by atoms with E-state index < -0.39 is 0 Å². The first-order valence-corrected chi connectivity index (χ1v) is 8.03. The van der Waals surface area contributed by atoms with Gasteiger partial charge >= 0.3 is 6.03 Å². The van der Waals surface area contributed by atoms with Crippen LogP contribution < -0.4 is 15.4 Å². The number of rotatable bonds is 7. The molecule has 1 saturated heterocycles. The number of ether oxygens (including phenoxy) is 1. The summed E-state index contributed by atoms with van der Waals surface area (Å²) in [5.74, 6) is 0.852. The Balaban J connectivity index is 1.93. The van der Waals surface area contributed by atoms with Crippen molar-refractivity contribution < 1.29 is 9.53 Å². The van der Waals surface area contributed by atoms with E-state index in [0.29, 0.717) is 19.2 Å². The van der Waals surface area contributed by atoms with E-state index in [0.717, 1.165) is 35.4 Å². The largest absolute Gasteiger partial charge is 0.490 e. The van der Waals surface area contributed by atoms with Crippen molar-refractivity contribution in [1.29, 1.82) is 0 Å². The summed E-state index contributed by atoms with van der Waals surface area (Å²) in [6, 6.07) is 6.44. The van der Waals surface area contributed by atoms with Gasteiger partial charge in [0.05, 0.1) is 11.0 Å². The first kappa shape index (κ1) is 16.1. The molecule has 5 nitrogen and oxygen atoms in total. The van der Waals surface area contributed by atoms with Gasteiger partial charge in [-0.25, -0.2) is 4.79 Å². The molecule has 0 spiro atoms. The maximum Gasteiger partial charge on any atom is 0.317 e. The number of amides is 2. The van der Waals surface area contributed by atoms with E-state index in [1.54, 1.807) is 4.90 Å². The lowest BCUT2D eigenvalue weighted by molar-refractivity contribution is 0.202. The van der Waals surface area contributed by atoms with E-state index in [4.69, 9.17) is 4.74 Å². The van der Waals surface area contributed by atoms with E-state index in [1.807, 2.05) is 12.1 Å². The first-order chi connectivity index (χ1) is 10.1. The number of urea groups is 1. The van der Waals surface area contributed by atoms with Crippen molar-refractivity contribution in [3.05, 3.63) is 28.2 Å². The highest BCUT2D eigenvalue weighted by atomic mass is 79.9. The summed E-state index contributed by atoms with van der Waals surface area (Å²) in [5.41, 5.74) is 1.11. The number of nitrogens with one attached hydrogen (secondary N) is 2. The molecule has 0 atom stereocenters. The van der Waals surface area contributed by atoms with Gasteiger partial charge < -0.3 is 20.3 Å². The van der Waals surface area contributed by atoms with E-state index in [9.17, 15) is 4.79 Å². The Labute approximate surface area is 134 Å². The number of carbonyl (C=O) groups is 1. The fraction of sp³-hybridized carbons (Fsp3) is 0.533. The molecule has 6 heteroatoms. The van der Waals surface area contributed by atoms with Crippen LogP contribution in [0.15, 0.2) is 22.7 Å². The Hall–Kier alpha value is -1.27. The predicted octanol–water partition coefficient (Wildman–Crippen LogP) is 2.35. The maximum atomic E-state index is 11.5. The number of hydrogen-bond acceptors (Lipinski definition) is 3. The zero-order valence-electron chi connectivity index (χ0n) is 12.5. The van der Waals surface area contributed by atoms with E-state index in [1.165, 1.54) is 0 Å². The van der Waals surface area contributed by atoms with Crippen molar-refractivity contribution in [1.82, 2.24) is 15.5 Å².